The van der Waals surface area contributed by atoms with Crippen molar-refractivity contribution in [2.45, 2.75) is 19.6 Å². The maximum Gasteiger partial charge on any atom is 0.401 e. The van der Waals surface area contributed by atoms with Crippen molar-refractivity contribution in [2.24, 2.45) is 0 Å². The van der Waals surface area contributed by atoms with E-state index in [-0.39, 0.29) is 6.54 Å². The molecule has 0 radical (unpaired) electrons. The molecule has 0 atom stereocenters. The zero-order valence-corrected chi connectivity index (χ0v) is 11.3. The molecule has 8 heteroatoms. The van der Waals surface area contributed by atoms with Crippen molar-refractivity contribution < 1.29 is 23.1 Å². The van der Waals surface area contributed by atoms with Crippen LogP contribution in [0.5, 0.6) is 0 Å². The average molecular weight is 301 g/mol. The largest absolute Gasteiger partial charge is 0.480 e. The van der Waals surface area contributed by atoms with E-state index in [0.717, 1.165) is 10.5 Å². The summed E-state index contributed by atoms with van der Waals surface area (Å²) in [5.74, 6) is -1.31. The molecule has 0 bridgehead atoms. The fourth-order valence-electron chi connectivity index (χ4n) is 2.12. The van der Waals surface area contributed by atoms with Crippen LogP contribution in [0.4, 0.5) is 13.2 Å². The Morgan fingerprint density at radius 1 is 1.48 bits per heavy atom. The van der Waals surface area contributed by atoms with E-state index in [1.165, 1.54) is 0 Å². The summed E-state index contributed by atoms with van der Waals surface area (Å²) in [7, 11) is 0. The Kier molecular flexibility index (Phi) is 4.17. The molecule has 2 heterocycles. The topological polar surface area (TPSA) is 57.8 Å². The van der Waals surface area contributed by atoms with E-state index in [0.29, 0.717) is 11.3 Å². The van der Waals surface area contributed by atoms with Crippen LogP contribution >= 0.6 is 0 Å². The lowest BCUT2D eigenvalue weighted by atomic mass is 10.3. The average Bonchev–Trinajstić information content (AvgIpc) is 2.69. The molecule has 0 aliphatic carbocycles. The van der Waals surface area contributed by atoms with E-state index in [1.807, 2.05) is 13.0 Å². The third kappa shape index (κ3) is 4.19. The van der Waals surface area contributed by atoms with Gasteiger partial charge in [-0.1, -0.05) is 6.07 Å². The van der Waals surface area contributed by atoms with Crippen LogP contribution < -0.4 is 0 Å². The Morgan fingerprint density at radius 2 is 2.19 bits per heavy atom. The van der Waals surface area contributed by atoms with Crippen molar-refractivity contribution in [3.63, 3.8) is 0 Å². The lowest BCUT2D eigenvalue weighted by Gasteiger charge is -2.20. The summed E-state index contributed by atoms with van der Waals surface area (Å²) in [6, 6.07) is 3.65. The summed E-state index contributed by atoms with van der Waals surface area (Å²) in [4.78, 5) is 15.7. The minimum absolute atomic E-state index is 0.174. The quantitative estimate of drug-likeness (QED) is 0.919. The normalized spacial score (nSPS) is 12.2. The molecule has 0 fully saturated rings. The second-order valence-electron chi connectivity index (χ2n) is 4.81. The first-order valence-electron chi connectivity index (χ1n) is 6.19. The highest BCUT2D eigenvalue weighted by Crippen LogP contribution is 2.18. The van der Waals surface area contributed by atoms with Crippen LogP contribution in [0.15, 0.2) is 24.5 Å². The molecule has 0 saturated heterocycles. The van der Waals surface area contributed by atoms with Crippen LogP contribution in [0.2, 0.25) is 0 Å². The number of rotatable bonds is 5. The van der Waals surface area contributed by atoms with Gasteiger partial charge in [0.05, 0.1) is 18.8 Å². The summed E-state index contributed by atoms with van der Waals surface area (Å²) >= 11 is 0. The molecule has 0 spiro atoms. The number of carboxylic acids is 1. The second kappa shape index (κ2) is 5.72. The number of hydrogen-bond acceptors (Lipinski definition) is 3. The fraction of sp³-hybridized carbons (Fsp3) is 0.385. The number of pyridine rings is 1. The number of alkyl halides is 3. The summed E-state index contributed by atoms with van der Waals surface area (Å²) in [5, 5.41) is 8.71. The van der Waals surface area contributed by atoms with Gasteiger partial charge in [-0.15, -0.1) is 0 Å². The summed E-state index contributed by atoms with van der Waals surface area (Å²) in [6.45, 7) is -0.303. The second-order valence-corrected chi connectivity index (χ2v) is 4.81. The number of imidazole rings is 1. The molecule has 0 unspecified atom stereocenters. The Hall–Kier alpha value is -2.09. The predicted octanol–water partition coefficient (Wildman–Crippen LogP) is 2.09. The lowest BCUT2D eigenvalue weighted by Crippen LogP contribution is -2.37. The van der Waals surface area contributed by atoms with Gasteiger partial charge in [0.25, 0.3) is 0 Å². The van der Waals surface area contributed by atoms with E-state index >= 15 is 0 Å². The van der Waals surface area contributed by atoms with Crippen LogP contribution in [0.3, 0.4) is 0 Å². The summed E-state index contributed by atoms with van der Waals surface area (Å²) in [5.41, 5.74) is 1.94. The Bertz CT molecular complexity index is 652. The third-order valence-corrected chi connectivity index (χ3v) is 2.88. The molecule has 5 nitrogen and oxygen atoms in total. The van der Waals surface area contributed by atoms with Gasteiger partial charge in [-0.25, -0.2) is 4.98 Å². The molecule has 114 valence electrons. The zero-order chi connectivity index (χ0) is 15.6. The number of hydrogen-bond donors (Lipinski definition) is 1. The van der Waals surface area contributed by atoms with Gasteiger partial charge in [0.1, 0.15) is 5.65 Å². The highest BCUT2D eigenvalue weighted by atomic mass is 19.4. The van der Waals surface area contributed by atoms with E-state index in [1.54, 1.807) is 22.9 Å². The van der Waals surface area contributed by atoms with Gasteiger partial charge in [0.15, 0.2) is 0 Å². The number of carbonyl (C=O) groups is 1. The number of aryl methyl sites for hydroxylation is 1. The van der Waals surface area contributed by atoms with Crippen LogP contribution in [0, 0.1) is 6.92 Å². The summed E-state index contributed by atoms with van der Waals surface area (Å²) < 4.78 is 39.1. The predicted molar refractivity (Wildman–Crippen MR) is 68.9 cm³/mol. The number of aliphatic carboxylic acids is 1. The molecule has 2 aromatic rings. The van der Waals surface area contributed by atoms with E-state index in [9.17, 15) is 18.0 Å². The van der Waals surface area contributed by atoms with Crippen molar-refractivity contribution in [1.29, 1.82) is 0 Å². The van der Waals surface area contributed by atoms with Crippen molar-refractivity contribution in [3.05, 3.63) is 35.8 Å². The standard InChI is InChI=1S/C13H14F3N3O2/c1-9-3-2-4-19-6-10(17-12(9)19)5-18(7-11(20)21)8-13(14,15)16/h2-4,6H,5,7-8H2,1H3,(H,20,21). The first-order valence-corrected chi connectivity index (χ1v) is 6.19. The van der Waals surface area contributed by atoms with Gasteiger partial charge in [-0.05, 0) is 18.6 Å². The van der Waals surface area contributed by atoms with E-state index < -0.39 is 25.2 Å². The van der Waals surface area contributed by atoms with Crippen molar-refractivity contribution in [1.82, 2.24) is 14.3 Å². The van der Waals surface area contributed by atoms with Crippen LogP contribution in [-0.2, 0) is 11.3 Å². The maximum absolute atomic E-state index is 12.5. The zero-order valence-electron chi connectivity index (χ0n) is 11.3. The van der Waals surface area contributed by atoms with Gasteiger partial charge in [0.2, 0.25) is 0 Å². The SMILES string of the molecule is Cc1cccn2cc(CN(CC(=O)O)CC(F)(F)F)nc12. The highest BCUT2D eigenvalue weighted by molar-refractivity contribution is 5.69. The van der Waals surface area contributed by atoms with E-state index in [4.69, 9.17) is 5.11 Å². The minimum Gasteiger partial charge on any atom is -0.480 e. The van der Waals surface area contributed by atoms with Crippen molar-refractivity contribution in [3.8, 4) is 0 Å². The Morgan fingerprint density at radius 3 is 2.76 bits per heavy atom. The number of halogens is 3. The number of carboxylic acid groups (broad SMARTS) is 1. The molecule has 2 rings (SSSR count). The van der Waals surface area contributed by atoms with Crippen LogP contribution in [0.1, 0.15) is 11.3 Å². The van der Waals surface area contributed by atoms with Gasteiger partial charge in [0, 0.05) is 18.9 Å². The van der Waals surface area contributed by atoms with Crippen molar-refractivity contribution >= 4 is 11.6 Å². The maximum atomic E-state index is 12.5. The Balaban J connectivity index is 2.21. The van der Waals surface area contributed by atoms with Gasteiger partial charge in [-0.2, -0.15) is 13.2 Å². The first-order chi connectivity index (χ1) is 9.74. The molecular formula is C13H14F3N3O2. The number of aromatic nitrogens is 2. The number of nitrogens with zero attached hydrogens (tertiary/aromatic N) is 3. The van der Waals surface area contributed by atoms with Gasteiger partial charge >= 0.3 is 12.1 Å². The third-order valence-electron chi connectivity index (χ3n) is 2.88. The summed E-state index contributed by atoms with van der Waals surface area (Å²) in [6.07, 6.45) is -1.11. The first kappa shape index (κ1) is 15.3. The molecular weight excluding hydrogens is 287 g/mol. The van der Waals surface area contributed by atoms with Crippen LogP contribution in [-0.4, -0.2) is 44.6 Å². The minimum atomic E-state index is -4.45. The number of fused-ring (bicyclic) bond motifs is 1. The van der Waals surface area contributed by atoms with Gasteiger partial charge < -0.3 is 9.51 Å². The molecule has 0 amide bonds. The monoisotopic (exact) mass is 301 g/mol. The van der Waals surface area contributed by atoms with Gasteiger partial charge in [-0.3, -0.25) is 9.69 Å². The fourth-order valence-corrected chi connectivity index (χ4v) is 2.12. The Labute approximate surface area is 118 Å². The van der Waals surface area contributed by atoms with Crippen molar-refractivity contribution in [2.75, 3.05) is 13.1 Å². The smallest absolute Gasteiger partial charge is 0.401 e. The highest BCUT2D eigenvalue weighted by Gasteiger charge is 2.31. The molecule has 0 aromatic carbocycles. The molecule has 0 aliphatic heterocycles. The molecule has 1 N–H and O–H groups in total. The van der Waals surface area contributed by atoms with E-state index in [2.05, 4.69) is 4.98 Å². The molecule has 2 aromatic heterocycles. The molecule has 0 saturated carbocycles. The molecule has 21 heavy (non-hydrogen) atoms. The molecule has 0 aliphatic rings. The van der Waals surface area contributed by atoms with Crippen LogP contribution in [0.25, 0.3) is 5.65 Å². The lowest BCUT2D eigenvalue weighted by molar-refractivity contribution is -0.154.